The van der Waals surface area contributed by atoms with Crippen molar-refractivity contribution in [1.29, 1.82) is 0 Å². The number of benzene rings is 2. The number of thiophene rings is 1. The zero-order chi connectivity index (χ0) is 20.8. The quantitative estimate of drug-likeness (QED) is 0.330. The zero-order valence-corrected chi connectivity index (χ0v) is 16.5. The lowest BCUT2D eigenvalue weighted by Crippen LogP contribution is -2.26. The SMILES string of the molecule is O=C(Cc1cccs1)OC(C(=O)Nc1ccc([N+](=O)[O-])cc1Cl)c1ccccc1. The Morgan fingerprint density at radius 3 is 2.52 bits per heavy atom. The van der Waals surface area contributed by atoms with Crippen molar-refractivity contribution in [2.75, 3.05) is 5.32 Å². The van der Waals surface area contributed by atoms with Crippen LogP contribution in [-0.2, 0) is 20.7 Å². The first-order valence-electron chi connectivity index (χ1n) is 8.45. The van der Waals surface area contributed by atoms with Gasteiger partial charge in [0.05, 0.1) is 22.1 Å². The summed E-state index contributed by atoms with van der Waals surface area (Å²) in [5.41, 5.74) is 0.468. The fraction of sp³-hybridized carbons (Fsp3) is 0.100. The molecule has 0 saturated carbocycles. The van der Waals surface area contributed by atoms with Crippen LogP contribution >= 0.6 is 22.9 Å². The lowest BCUT2D eigenvalue weighted by atomic mass is 10.1. The molecule has 2 aromatic carbocycles. The molecule has 3 aromatic rings. The molecular formula is C20H15ClN2O5S. The van der Waals surface area contributed by atoms with Crippen molar-refractivity contribution in [3.8, 4) is 0 Å². The number of amides is 1. The molecule has 0 spiro atoms. The predicted molar refractivity (Wildman–Crippen MR) is 110 cm³/mol. The fourth-order valence-corrected chi connectivity index (χ4v) is 3.46. The Morgan fingerprint density at radius 2 is 1.90 bits per heavy atom. The van der Waals surface area contributed by atoms with E-state index in [1.807, 2.05) is 11.4 Å². The van der Waals surface area contributed by atoms with Crippen LogP contribution in [0.1, 0.15) is 16.5 Å². The molecule has 1 atom stereocenters. The van der Waals surface area contributed by atoms with Crippen LogP contribution in [0.2, 0.25) is 5.02 Å². The van der Waals surface area contributed by atoms with Crippen LogP contribution in [0.5, 0.6) is 0 Å². The Morgan fingerprint density at radius 1 is 1.14 bits per heavy atom. The molecule has 1 unspecified atom stereocenters. The summed E-state index contributed by atoms with van der Waals surface area (Å²) >= 11 is 7.46. The summed E-state index contributed by atoms with van der Waals surface area (Å²) in [7, 11) is 0. The third-order valence-electron chi connectivity index (χ3n) is 3.91. The van der Waals surface area contributed by atoms with Gasteiger partial charge in [-0.15, -0.1) is 11.3 Å². The maximum atomic E-state index is 12.8. The molecular weight excluding hydrogens is 416 g/mol. The number of nitro groups is 1. The Balaban J connectivity index is 1.79. The van der Waals surface area contributed by atoms with Gasteiger partial charge in [0.2, 0.25) is 6.10 Å². The summed E-state index contributed by atoms with van der Waals surface area (Å²) in [5.74, 6) is -1.17. The normalized spacial score (nSPS) is 11.5. The van der Waals surface area contributed by atoms with E-state index in [0.29, 0.717) is 5.56 Å². The van der Waals surface area contributed by atoms with Gasteiger partial charge in [0.1, 0.15) is 0 Å². The number of non-ortho nitro benzene ring substituents is 1. The number of nitro benzene ring substituents is 1. The highest BCUT2D eigenvalue weighted by molar-refractivity contribution is 7.10. The lowest BCUT2D eigenvalue weighted by molar-refractivity contribution is -0.384. The number of carbonyl (C=O) groups excluding carboxylic acids is 2. The molecule has 0 radical (unpaired) electrons. The van der Waals surface area contributed by atoms with Gasteiger partial charge < -0.3 is 10.1 Å². The van der Waals surface area contributed by atoms with Crippen LogP contribution < -0.4 is 5.32 Å². The van der Waals surface area contributed by atoms with Gasteiger partial charge in [-0.05, 0) is 17.5 Å². The summed E-state index contributed by atoms with van der Waals surface area (Å²) in [6, 6.07) is 15.9. The van der Waals surface area contributed by atoms with E-state index in [1.54, 1.807) is 36.4 Å². The summed E-state index contributed by atoms with van der Waals surface area (Å²) in [6.45, 7) is 0. The average Bonchev–Trinajstić information content (AvgIpc) is 3.21. The van der Waals surface area contributed by atoms with Crippen molar-refractivity contribution in [1.82, 2.24) is 0 Å². The molecule has 1 aromatic heterocycles. The van der Waals surface area contributed by atoms with Gasteiger partial charge in [0.25, 0.3) is 11.6 Å². The van der Waals surface area contributed by atoms with E-state index in [-0.39, 0.29) is 22.8 Å². The Kier molecular flexibility index (Phi) is 6.58. The van der Waals surface area contributed by atoms with Crippen molar-refractivity contribution in [3.63, 3.8) is 0 Å². The molecule has 0 saturated heterocycles. The van der Waals surface area contributed by atoms with Crippen molar-refractivity contribution < 1.29 is 19.2 Å². The largest absolute Gasteiger partial charge is 0.447 e. The molecule has 0 aliphatic heterocycles. The summed E-state index contributed by atoms with van der Waals surface area (Å²) < 4.78 is 5.45. The van der Waals surface area contributed by atoms with E-state index in [9.17, 15) is 19.7 Å². The first-order valence-corrected chi connectivity index (χ1v) is 9.71. The molecule has 148 valence electrons. The Hall–Kier alpha value is -3.23. The summed E-state index contributed by atoms with van der Waals surface area (Å²) in [5, 5.41) is 15.3. The summed E-state index contributed by atoms with van der Waals surface area (Å²) in [6.07, 6.45) is -1.15. The van der Waals surface area contributed by atoms with Gasteiger partial charge in [-0.25, -0.2) is 0 Å². The molecule has 0 fully saturated rings. The van der Waals surface area contributed by atoms with E-state index >= 15 is 0 Å². The molecule has 29 heavy (non-hydrogen) atoms. The number of rotatable bonds is 7. The van der Waals surface area contributed by atoms with Crippen molar-refractivity contribution in [2.45, 2.75) is 12.5 Å². The first kappa shape index (κ1) is 20.5. The first-order chi connectivity index (χ1) is 13.9. The van der Waals surface area contributed by atoms with E-state index < -0.39 is 22.9 Å². The zero-order valence-electron chi connectivity index (χ0n) is 14.9. The smallest absolute Gasteiger partial charge is 0.312 e. The molecule has 9 heteroatoms. The second-order valence-corrected chi connectivity index (χ2v) is 7.39. The molecule has 0 aliphatic rings. The van der Waals surface area contributed by atoms with Crippen molar-refractivity contribution >= 4 is 46.2 Å². The van der Waals surface area contributed by atoms with Crippen molar-refractivity contribution in [2.24, 2.45) is 0 Å². The van der Waals surface area contributed by atoms with Crippen molar-refractivity contribution in [3.05, 3.63) is 91.6 Å². The number of nitrogens with one attached hydrogen (secondary N) is 1. The van der Waals surface area contributed by atoms with Crippen LogP contribution in [0, 0.1) is 10.1 Å². The van der Waals surface area contributed by atoms with Gasteiger partial charge in [0.15, 0.2) is 0 Å². The highest BCUT2D eigenvalue weighted by Crippen LogP contribution is 2.28. The van der Waals surface area contributed by atoms with E-state index in [4.69, 9.17) is 16.3 Å². The summed E-state index contributed by atoms with van der Waals surface area (Å²) in [4.78, 5) is 36.3. The van der Waals surface area contributed by atoms with Crippen LogP contribution in [0.25, 0.3) is 0 Å². The minimum Gasteiger partial charge on any atom is -0.447 e. The third kappa shape index (κ3) is 5.40. The molecule has 7 nitrogen and oxygen atoms in total. The molecule has 0 aliphatic carbocycles. The molecule has 1 heterocycles. The maximum Gasteiger partial charge on any atom is 0.312 e. The molecule has 0 bridgehead atoms. The second kappa shape index (κ2) is 9.31. The van der Waals surface area contributed by atoms with Gasteiger partial charge in [-0.3, -0.25) is 19.7 Å². The predicted octanol–water partition coefficient (Wildman–Crippen LogP) is 4.78. The number of nitrogens with zero attached hydrogens (tertiary/aromatic N) is 1. The Bertz CT molecular complexity index is 1020. The maximum absolute atomic E-state index is 12.8. The topological polar surface area (TPSA) is 98.5 Å². The van der Waals surface area contributed by atoms with Gasteiger partial charge in [0, 0.05) is 22.6 Å². The van der Waals surface area contributed by atoms with E-state index in [1.165, 1.54) is 23.5 Å². The van der Waals surface area contributed by atoms with Gasteiger partial charge in [-0.1, -0.05) is 48.0 Å². The Labute approximate surface area is 175 Å². The van der Waals surface area contributed by atoms with Gasteiger partial charge >= 0.3 is 5.97 Å². The highest BCUT2D eigenvalue weighted by atomic mass is 35.5. The minimum absolute atomic E-state index is 0.00396. The number of anilines is 1. The minimum atomic E-state index is -1.20. The van der Waals surface area contributed by atoms with Crippen LogP contribution in [0.15, 0.2) is 66.0 Å². The number of esters is 1. The highest BCUT2D eigenvalue weighted by Gasteiger charge is 2.26. The monoisotopic (exact) mass is 430 g/mol. The van der Waals surface area contributed by atoms with Crippen LogP contribution in [0.4, 0.5) is 11.4 Å². The number of hydrogen-bond acceptors (Lipinski definition) is 6. The third-order valence-corrected chi connectivity index (χ3v) is 5.10. The van der Waals surface area contributed by atoms with Crippen LogP contribution in [0.3, 0.4) is 0 Å². The van der Waals surface area contributed by atoms with Gasteiger partial charge in [-0.2, -0.15) is 0 Å². The van der Waals surface area contributed by atoms with E-state index in [0.717, 1.165) is 10.9 Å². The molecule has 3 rings (SSSR count). The average molecular weight is 431 g/mol. The number of carbonyl (C=O) groups is 2. The molecule has 1 N–H and O–H groups in total. The standard InChI is InChI=1S/C20H15ClN2O5S/c21-16-11-14(23(26)27)8-9-17(16)22-20(25)19(13-5-2-1-3-6-13)28-18(24)12-15-7-4-10-29-15/h1-11,19H,12H2,(H,22,25). The second-order valence-electron chi connectivity index (χ2n) is 5.95. The fourth-order valence-electron chi connectivity index (χ4n) is 2.55. The number of hydrogen-bond donors (Lipinski definition) is 1. The molecule has 1 amide bonds. The number of ether oxygens (including phenoxy) is 1. The lowest BCUT2D eigenvalue weighted by Gasteiger charge is -2.18. The van der Waals surface area contributed by atoms with Crippen LogP contribution in [-0.4, -0.2) is 16.8 Å². The number of halogens is 1. The van der Waals surface area contributed by atoms with E-state index in [2.05, 4.69) is 5.32 Å².